The molecule has 5 heteroatoms. The maximum atomic E-state index is 10.7. The first-order valence-corrected chi connectivity index (χ1v) is 5.81. The summed E-state index contributed by atoms with van der Waals surface area (Å²) < 4.78 is 5.46. The minimum Gasteiger partial charge on any atom is -0.375 e. The van der Waals surface area contributed by atoms with Crippen LogP contribution in [0.15, 0.2) is 0 Å². The van der Waals surface area contributed by atoms with E-state index in [0.717, 1.165) is 41.7 Å². The second-order valence-corrected chi connectivity index (χ2v) is 4.70. The molecule has 1 saturated heterocycles. The van der Waals surface area contributed by atoms with Crippen molar-refractivity contribution in [1.29, 1.82) is 0 Å². The topological polar surface area (TPSA) is 42.4 Å². The number of aryl methyl sites for hydroxylation is 1. The summed E-state index contributed by atoms with van der Waals surface area (Å²) >= 11 is 1.46. The Hall–Kier alpha value is -0.940. The van der Waals surface area contributed by atoms with Crippen LogP contribution in [0.5, 0.6) is 0 Å². The van der Waals surface area contributed by atoms with E-state index < -0.39 is 0 Å². The number of anilines is 1. The first-order valence-electron chi connectivity index (χ1n) is 5.00. The number of hydrogen-bond acceptors (Lipinski definition) is 5. The van der Waals surface area contributed by atoms with Crippen molar-refractivity contribution >= 4 is 22.8 Å². The molecule has 0 aliphatic carbocycles. The van der Waals surface area contributed by atoms with E-state index >= 15 is 0 Å². The smallest absolute Gasteiger partial charge is 0.186 e. The number of aromatic nitrogens is 1. The molecule has 2 heterocycles. The van der Waals surface area contributed by atoms with Gasteiger partial charge >= 0.3 is 0 Å². The van der Waals surface area contributed by atoms with Gasteiger partial charge in [0.1, 0.15) is 0 Å². The van der Waals surface area contributed by atoms with Crippen molar-refractivity contribution in [1.82, 2.24) is 4.98 Å². The monoisotopic (exact) mass is 226 g/mol. The van der Waals surface area contributed by atoms with Crippen LogP contribution in [0.2, 0.25) is 0 Å². The van der Waals surface area contributed by atoms with Crippen molar-refractivity contribution in [2.75, 3.05) is 24.6 Å². The van der Waals surface area contributed by atoms with Crippen LogP contribution in [0.3, 0.4) is 0 Å². The third-order valence-corrected chi connectivity index (χ3v) is 3.58. The number of thiazole rings is 1. The summed E-state index contributed by atoms with van der Waals surface area (Å²) in [5.74, 6) is 0. The molecule has 0 aromatic carbocycles. The lowest BCUT2D eigenvalue weighted by Gasteiger charge is -2.30. The molecule has 1 aromatic heterocycles. The van der Waals surface area contributed by atoms with Crippen molar-refractivity contribution in [3.8, 4) is 0 Å². The molecule has 1 aliphatic rings. The van der Waals surface area contributed by atoms with Gasteiger partial charge in [-0.1, -0.05) is 11.3 Å². The molecule has 4 nitrogen and oxygen atoms in total. The van der Waals surface area contributed by atoms with Gasteiger partial charge in [0, 0.05) is 13.1 Å². The lowest BCUT2D eigenvalue weighted by atomic mass is 10.3. The number of hydrogen-bond donors (Lipinski definition) is 0. The van der Waals surface area contributed by atoms with Crippen molar-refractivity contribution in [3.05, 3.63) is 10.6 Å². The Kier molecular flexibility index (Phi) is 3.02. The van der Waals surface area contributed by atoms with Crippen molar-refractivity contribution < 1.29 is 9.53 Å². The average Bonchev–Trinajstić information content (AvgIpc) is 2.60. The predicted octanol–water partition coefficient (Wildman–Crippen LogP) is 1.49. The molecule has 1 unspecified atom stereocenters. The van der Waals surface area contributed by atoms with E-state index in [4.69, 9.17) is 4.74 Å². The number of nitrogens with zero attached hydrogens (tertiary/aromatic N) is 2. The molecule has 0 radical (unpaired) electrons. The van der Waals surface area contributed by atoms with Gasteiger partial charge in [-0.05, 0) is 13.8 Å². The molecule has 1 fully saturated rings. The Morgan fingerprint density at radius 2 is 2.47 bits per heavy atom. The van der Waals surface area contributed by atoms with Crippen LogP contribution in [-0.2, 0) is 4.74 Å². The maximum absolute atomic E-state index is 10.7. The Morgan fingerprint density at radius 3 is 3.07 bits per heavy atom. The van der Waals surface area contributed by atoms with Gasteiger partial charge in [-0.15, -0.1) is 0 Å². The quantitative estimate of drug-likeness (QED) is 0.716. The SMILES string of the molecule is Cc1nc(N2CCOC(C)C2)sc1C=O. The summed E-state index contributed by atoms with van der Waals surface area (Å²) in [5, 5.41) is 0.935. The molecule has 1 aromatic rings. The number of rotatable bonds is 2. The second kappa shape index (κ2) is 4.28. The zero-order chi connectivity index (χ0) is 10.8. The zero-order valence-electron chi connectivity index (χ0n) is 8.90. The van der Waals surface area contributed by atoms with Gasteiger partial charge in [0.2, 0.25) is 0 Å². The number of carbonyl (C=O) groups excluding carboxylic acids is 1. The van der Waals surface area contributed by atoms with Crippen molar-refractivity contribution in [2.24, 2.45) is 0 Å². The van der Waals surface area contributed by atoms with E-state index in [0.29, 0.717) is 0 Å². The molecule has 0 amide bonds. The fraction of sp³-hybridized carbons (Fsp3) is 0.600. The largest absolute Gasteiger partial charge is 0.375 e. The van der Waals surface area contributed by atoms with Crippen LogP contribution in [0, 0.1) is 6.92 Å². The lowest BCUT2D eigenvalue weighted by Crippen LogP contribution is -2.41. The summed E-state index contributed by atoms with van der Waals surface area (Å²) in [6, 6.07) is 0. The lowest BCUT2D eigenvalue weighted by molar-refractivity contribution is 0.0532. The first kappa shape index (κ1) is 10.6. The maximum Gasteiger partial charge on any atom is 0.186 e. The molecular weight excluding hydrogens is 212 g/mol. The number of aldehydes is 1. The van der Waals surface area contributed by atoms with Crippen molar-refractivity contribution in [3.63, 3.8) is 0 Å². The van der Waals surface area contributed by atoms with Gasteiger partial charge in [-0.3, -0.25) is 4.79 Å². The molecule has 1 atom stereocenters. The predicted molar refractivity (Wildman–Crippen MR) is 59.9 cm³/mol. The van der Waals surface area contributed by atoms with Gasteiger partial charge in [-0.25, -0.2) is 4.98 Å². The molecule has 1 aliphatic heterocycles. The van der Waals surface area contributed by atoms with Crippen LogP contribution in [0.4, 0.5) is 5.13 Å². The van der Waals surface area contributed by atoms with E-state index in [-0.39, 0.29) is 6.10 Å². The zero-order valence-corrected chi connectivity index (χ0v) is 9.71. The highest BCUT2D eigenvalue weighted by Crippen LogP contribution is 2.26. The van der Waals surface area contributed by atoms with Gasteiger partial charge < -0.3 is 9.64 Å². The summed E-state index contributed by atoms with van der Waals surface area (Å²) in [5.41, 5.74) is 0.823. The van der Waals surface area contributed by atoms with E-state index in [2.05, 4.69) is 9.88 Å². The normalized spacial score (nSPS) is 21.7. The van der Waals surface area contributed by atoms with Crippen LogP contribution in [0.1, 0.15) is 22.3 Å². The molecule has 0 saturated carbocycles. The number of ether oxygens (including phenoxy) is 1. The molecule has 0 N–H and O–H groups in total. The van der Waals surface area contributed by atoms with Gasteiger partial charge in [0.25, 0.3) is 0 Å². The number of carbonyl (C=O) groups is 1. The van der Waals surface area contributed by atoms with Crippen molar-refractivity contribution in [2.45, 2.75) is 20.0 Å². The van der Waals surface area contributed by atoms with Crippen LogP contribution >= 0.6 is 11.3 Å². The molecule has 0 spiro atoms. The standard InChI is InChI=1S/C10H14N2O2S/c1-7-5-12(3-4-14-7)10-11-8(2)9(6-13)15-10/h6-7H,3-5H2,1-2H3. The average molecular weight is 226 g/mol. The highest BCUT2D eigenvalue weighted by molar-refractivity contribution is 7.17. The fourth-order valence-electron chi connectivity index (χ4n) is 1.63. The first-order chi connectivity index (χ1) is 7.20. The van der Waals surface area contributed by atoms with Crippen LogP contribution in [0.25, 0.3) is 0 Å². The van der Waals surface area contributed by atoms with Gasteiger partial charge in [0.15, 0.2) is 11.4 Å². The highest BCUT2D eigenvalue weighted by Gasteiger charge is 2.20. The minimum absolute atomic E-state index is 0.239. The number of morpholine rings is 1. The van der Waals surface area contributed by atoms with Crippen LogP contribution < -0.4 is 4.90 Å². The summed E-state index contributed by atoms with van der Waals surface area (Å²) in [6.07, 6.45) is 1.11. The molecular formula is C10H14N2O2S. The summed E-state index contributed by atoms with van der Waals surface area (Å²) in [6.45, 7) is 6.36. The molecule has 15 heavy (non-hydrogen) atoms. The third-order valence-electron chi connectivity index (χ3n) is 2.44. The minimum atomic E-state index is 0.239. The molecule has 0 bridgehead atoms. The fourth-order valence-corrected chi connectivity index (χ4v) is 2.55. The summed E-state index contributed by atoms with van der Waals surface area (Å²) in [4.78, 5) is 18.0. The third kappa shape index (κ3) is 2.18. The van der Waals surface area contributed by atoms with Gasteiger partial charge in [0.05, 0.1) is 23.3 Å². The summed E-state index contributed by atoms with van der Waals surface area (Å²) in [7, 11) is 0. The Balaban J connectivity index is 2.17. The highest BCUT2D eigenvalue weighted by atomic mass is 32.1. The Labute approximate surface area is 92.9 Å². The second-order valence-electron chi connectivity index (χ2n) is 3.69. The molecule has 2 rings (SSSR count). The van der Waals surface area contributed by atoms with E-state index in [1.807, 2.05) is 13.8 Å². The van der Waals surface area contributed by atoms with Gasteiger partial charge in [-0.2, -0.15) is 0 Å². The van der Waals surface area contributed by atoms with E-state index in [1.165, 1.54) is 11.3 Å². The van der Waals surface area contributed by atoms with E-state index in [1.54, 1.807) is 0 Å². The Bertz CT molecular complexity index is 364. The Morgan fingerprint density at radius 1 is 1.67 bits per heavy atom. The van der Waals surface area contributed by atoms with Crippen LogP contribution in [-0.4, -0.2) is 37.1 Å². The molecule has 82 valence electrons. The van der Waals surface area contributed by atoms with E-state index in [9.17, 15) is 4.79 Å².